The summed E-state index contributed by atoms with van der Waals surface area (Å²) in [5, 5.41) is 5.10. The van der Waals surface area contributed by atoms with Crippen LogP contribution in [0.1, 0.15) is 35.2 Å². The number of hydrogen-bond donors (Lipinski definition) is 0. The summed E-state index contributed by atoms with van der Waals surface area (Å²) in [6.45, 7) is 2.03. The highest BCUT2D eigenvalue weighted by Crippen LogP contribution is 2.42. The van der Waals surface area contributed by atoms with Crippen molar-refractivity contribution in [3.05, 3.63) is 76.6 Å². The van der Waals surface area contributed by atoms with Crippen LogP contribution in [0.4, 0.5) is 5.95 Å². The first kappa shape index (κ1) is 18.7. The molecule has 28 heavy (non-hydrogen) atoms. The topological polar surface area (TPSA) is 60.2 Å². The van der Waals surface area contributed by atoms with Crippen LogP contribution in [0.15, 0.2) is 54.9 Å². The van der Waals surface area contributed by atoms with Gasteiger partial charge < -0.3 is 4.74 Å². The molecule has 1 amide bonds. The monoisotopic (exact) mass is 396 g/mol. The zero-order valence-corrected chi connectivity index (χ0v) is 16.5. The van der Waals surface area contributed by atoms with Gasteiger partial charge in [0, 0.05) is 12.1 Å². The average molecular weight is 397 g/mol. The number of anilines is 1. The Morgan fingerprint density at radius 1 is 1.11 bits per heavy atom. The van der Waals surface area contributed by atoms with E-state index < -0.39 is 0 Å². The lowest BCUT2D eigenvalue weighted by Crippen LogP contribution is -2.44. The van der Waals surface area contributed by atoms with Gasteiger partial charge in [0.2, 0.25) is 5.95 Å². The molecular weight excluding hydrogens is 376 g/mol. The van der Waals surface area contributed by atoms with E-state index in [-0.39, 0.29) is 24.6 Å². The van der Waals surface area contributed by atoms with Crippen LogP contribution in [0.3, 0.4) is 0 Å². The van der Waals surface area contributed by atoms with Gasteiger partial charge in [-0.15, -0.1) is 0 Å². The van der Waals surface area contributed by atoms with Crippen LogP contribution >= 0.6 is 11.6 Å². The third-order valence-electron chi connectivity index (χ3n) is 5.08. The maximum absolute atomic E-state index is 12.9. The number of aryl methyl sites for hydroxylation is 1. The molecule has 7 heteroatoms. The molecule has 2 atom stereocenters. The van der Waals surface area contributed by atoms with Crippen LogP contribution in [-0.2, 0) is 9.53 Å². The predicted octanol–water partition coefficient (Wildman–Crippen LogP) is 3.95. The molecule has 2 heterocycles. The van der Waals surface area contributed by atoms with Gasteiger partial charge in [0.05, 0.1) is 12.1 Å². The van der Waals surface area contributed by atoms with Gasteiger partial charge in [0.15, 0.2) is 0 Å². The summed E-state index contributed by atoms with van der Waals surface area (Å²) in [7, 11) is 1.52. The van der Waals surface area contributed by atoms with E-state index in [4.69, 9.17) is 16.3 Å². The Balaban J connectivity index is 1.81. The molecule has 0 fully saturated rings. The van der Waals surface area contributed by atoms with Crippen molar-refractivity contribution in [1.82, 2.24) is 14.8 Å². The second-order valence-corrected chi connectivity index (χ2v) is 7.37. The van der Waals surface area contributed by atoms with Gasteiger partial charge in [-0.1, -0.05) is 53.6 Å². The molecule has 3 aromatic rings. The summed E-state index contributed by atoms with van der Waals surface area (Å²) in [6.07, 6.45) is 2.17. The van der Waals surface area contributed by atoms with Gasteiger partial charge in [-0.05, 0) is 36.6 Å². The van der Waals surface area contributed by atoms with Crippen molar-refractivity contribution >= 4 is 23.5 Å². The SMILES string of the molecule is COCC(=O)N1c2ncnn2[C@H](c2ccc(Cl)cc2)C[C@H]1c1ccc(C)cc1. The number of ether oxygens (including phenoxy) is 1. The van der Waals surface area contributed by atoms with Gasteiger partial charge in [0.25, 0.3) is 5.91 Å². The van der Waals surface area contributed by atoms with E-state index in [1.54, 1.807) is 4.90 Å². The summed E-state index contributed by atoms with van der Waals surface area (Å²) in [4.78, 5) is 19.0. The lowest BCUT2D eigenvalue weighted by molar-refractivity contribution is -0.123. The van der Waals surface area contributed by atoms with E-state index >= 15 is 0 Å². The van der Waals surface area contributed by atoms with Crippen LogP contribution in [0.25, 0.3) is 0 Å². The fraction of sp³-hybridized carbons (Fsp3) is 0.286. The molecule has 0 bridgehead atoms. The molecule has 0 N–H and O–H groups in total. The zero-order chi connectivity index (χ0) is 19.7. The largest absolute Gasteiger partial charge is 0.375 e. The summed E-state index contributed by atoms with van der Waals surface area (Å²) in [5.41, 5.74) is 3.31. The Kier molecular flexibility index (Phi) is 5.15. The fourth-order valence-corrected chi connectivity index (χ4v) is 3.83. The van der Waals surface area contributed by atoms with Crippen LogP contribution < -0.4 is 4.90 Å². The number of halogens is 1. The summed E-state index contributed by atoms with van der Waals surface area (Å²) >= 11 is 6.07. The van der Waals surface area contributed by atoms with Crippen molar-refractivity contribution in [1.29, 1.82) is 0 Å². The van der Waals surface area contributed by atoms with E-state index in [0.29, 0.717) is 17.4 Å². The molecular formula is C21H21ClN4O2. The van der Waals surface area contributed by atoms with Crippen molar-refractivity contribution in [2.75, 3.05) is 18.6 Å². The number of hydrogen-bond acceptors (Lipinski definition) is 4. The predicted molar refractivity (Wildman–Crippen MR) is 108 cm³/mol. The molecule has 0 radical (unpaired) electrons. The van der Waals surface area contributed by atoms with Gasteiger partial charge >= 0.3 is 0 Å². The third-order valence-corrected chi connectivity index (χ3v) is 5.33. The summed E-state index contributed by atoms with van der Waals surface area (Å²) < 4.78 is 6.92. The molecule has 0 spiro atoms. The van der Waals surface area contributed by atoms with Crippen molar-refractivity contribution < 1.29 is 9.53 Å². The van der Waals surface area contributed by atoms with Gasteiger partial charge in [-0.25, -0.2) is 4.68 Å². The van der Waals surface area contributed by atoms with E-state index in [9.17, 15) is 4.79 Å². The minimum Gasteiger partial charge on any atom is -0.375 e. The van der Waals surface area contributed by atoms with E-state index in [1.807, 2.05) is 35.9 Å². The second-order valence-electron chi connectivity index (χ2n) is 6.93. The van der Waals surface area contributed by atoms with Crippen LogP contribution in [-0.4, -0.2) is 34.4 Å². The second kappa shape index (κ2) is 7.73. The van der Waals surface area contributed by atoms with E-state index in [1.165, 1.54) is 19.0 Å². The number of rotatable bonds is 4. The number of methoxy groups -OCH3 is 1. The third kappa shape index (κ3) is 3.41. The van der Waals surface area contributed by atoms with Crippen LogP contribution in [0.5, 0.6) is 0 Å². The average Bonchev–Trinajstić information content (AvgIpc) is 3.18. The molecule has 6 nitrogen and oxygen atoms in total. The molecule has 0 saturated heterocycles. The molecule has 2 aromatic carbocycles. The lowest BCUT2D eigenvalue weighted by Gasteiger charge is -2.39. The smallest absolute Gasteiger partial charge is 0.255 e. The Hall–Kier alpha value is -2.70. The Bertz CT molecular complexity index is 969. The first-order valence-electron chi connectivity index (χ1n) is 9.11. The summed E-state index contributed by atoms with van der Waals surface area (Å²) in [5.74, 6) is 0.385. The van der Waals surface area contributed by atoms with Crippen LogP contribution in [0, 0.1) is 6.92 Å². The molecule has 1 aliphatic heterocycles. The maximum atomic E-state index is 12.9. The zero-order valence-electron chi connectivity index (χ0n) is 15.7. The van der Waals surface area contributed by atoms with Gasteiger partial charge in [-0.2, -0.15) is 10.1 Å². The highest BCUT2D eigenvalue weighted by molar-refractivity contribution is 6.30. The Morgan fingerprint density at radius 2 is 1.75 bits per heavy atom. The minimum atomic E-state index is -0.166. The normalized spacial score (nSPS) is 18.8. The number of amides is 1. The Labute approximate surface area is 168 Å². The Morgan fingerprint density at radius 3 is 2.43 bits per heavy atom. The van der Waals surface area contributed by atoms with Crippen molar-refractivity contribution in [2.45, 2.75) is 25.4 Å². The number of nitrogens with zero attached hydrogens (tertiary/aromatic N) is 4. The number of aromatic nitrogens is 3. The fourth-order valence-electron chi connectivity index (χ4n) is 3.71. The molecule has 144 valence electrons. The van der Waals surface area contributed by atoms with E-state index in [0.717, 1.165) is 11.1 Å². The number of carbonyl (C=O) groups is 1. The molecule has 0 unspecified atom stereocenters. The highest BCUT2D eigenvalue weighted by Gasteiger charge is 2.39. The molecule has 0 saturated carbocycles. The minimum absolute atomic E-state index is 0.0131. The van der Waals surface area contributed by atoms with Crippen molar-refractivity contribution in [2.24, 2.45) is 0 Å². The van der Waals surface area contributed by atoms with E-state index in [2.05, 4.69) is 34.3 Å². The number of carbonyl (C=O) groups excluding carboxylic acids is 1. The standard InChI is InChI=1S/C21H21ClN4O2/c1-14-3-5-15(6-4-14)18-11-19(16-7-9-17(22)10-8-16)26-21(23-13-24-26)25(18)20(27)12-28-2/h3-10,13,18-19H,11-12H2,1-2H3/t18-,19-/m0/s1. The van der Waals surface area contributed by atoms with Crippen LogP contribution in [0.2, 0.25) is 5.02 Å². The maximum Gasteiger partial charge on any atom is 0.255 e. The molecule has 1 aliphatic rings. The highest BCUT2D eigenvalue weighted by atomic mass is 35.5. The number of fused-ring (bicyclic) bond motifs is 1. The first-order valence-corrected chi connectivity index (χ1v) is 9.49. The lowest BCUT2D eigenvalue weighted by atomic mass is 9.91. The summed E-state index contributed by atoms with van der Waals surface area (Å²) in [6, 6.07) is 15.8. The first-order chi connectivity index (χ1) is 13.6. The van der Waals surface area contributed by atoms with Gasteiger partial charge in [0.1, 0.15) is 12.9 Å². The quantitative estimate of drug-likeness (QED) is 0.669. The van der Waals surface area contributed by atoms with Gasteiger partial charge in [-0.3, -0.25) is 9.69 Å². The van der Waals surface area contributed by atoms with Crippen molar-refractivity contribution in [3.63, 3.8) is 0 Å². The number of benzene rings is 2. The molecule has 4 rings (SSSR count). The molecule has 1 aromatic heterocycles. The van der Waals surface area contributed by atoms with Crippen molar-refractivity contribution in [3.8, 4) is 0 Å². The molecule has 0 aliphatic carbocycles.